The first kappa shape index (κ1) is 17.0. The second kappa shape index (κ2) is 6.97. The molecule has 0 aliphatic heterocycles. The van der Waals surface area contributed by atoms with Gasteiger partial charge in [-0.3, -0.25) is 4.79 Å². The molecule has 130 valence electrons. The summed E-state index contributed by atoms with van der Waals surface area (Å²) >= 11 is 0. The zero-order valence-electron chi connectivity index (χ0n) is 14.3. The molecule has 1 saturated carbocycles. The molecule has 25 heavy (non-hydrogen) atoms. The van der Waals surface area contributed by atoms with E-state index in [4.69, 9.17) is 11.1 Å². The summed E-state index contributed by atoms with van der Waals surface area (Å²) in [4.78, 5) is 12.7. The van der Waals surface area contributed by atoms with E-state index < -0.39 is 0 Å². The molecule has 1 aliphatic rings. The summed E-state index contributed by atoms with van der Waals surface area (Å²) in [7, 11) is 0. The van der Waals surface area contributed by atoms with Gasteiger partial charge in [0, 0.05) is 28.1 Å². The van der Waals surface area contributed by atoms with Crippen LogP contribution >= 0.6 is 0 Å². The van der Waals surface area contributed by atoms with Gasteiger partial charge in [0.1, 0.15) is 5.75 Å². The molecule has 3 rings (SSSR count). The van der Waals surface area contributed by atoms with Gasteiger partial charge in [0.25, 0.3) is 5.91 Å². The number of nitrogens with one attached hydrogen (secondary N) is 2. The predicted molar refractivity (Wildman–Crippen MR) is 99.0 cm³/mol. The molecule has 1 unspecified atom stereocenters. The van der Waals surface area contributed by atoms with Crippen LogP contribution in [0, 0.1) is 11.3 Å². The van der Waals surface area contributed by atoms with Gasteiger partial charge in [0.15, 0.2) is 0 Å². The molecule has 0 bridgehead atoms. The highest BCUT2D eigenvalue weighted by molar-refractivity contribution is 6.04. The second-order valence-corrected chi connectivity index (χ2v) is 6.69. The van der Waals surface area contributed by atoms with Gasteiger partial charge in [-0.15, -0.1) is 0 Å². The number of benzene rings is 2. The lowest BCUT2D eigenvalue weighted by molar-refractivity contribution is 0.0933. The number of hydrogen-bond donors (Lipinski definition) is 4. The van der Waals surface area contributed by atoms with Crippen LogP contribution in [0.15, 0.2) is 42.5 Å². The minimum Gasteiger partial charge on any atom is -0.508 e. The number of phenols is 1. The number of nitrogen functional groups attached to an aromatic ring is 1. The summed E-state index contributed by atoms with van der Waals surface area (Å²) in [5.74, 6) is 0.564. The minimum atomic E-state index is -0.233. The molecular formula is C20H23N3O2. The Morgan fingerprint density at radius 3 is 2.68 bits per heavy atom. The minimum absolute atomic E-state index is 0.196. The molecule has 1 aliphatic carbocycles. The average molecular weight is 337 g/mol. The molecular weight excluding hydrogens is 314 g/mol. The molecule has 0 heterocycles. The molecule has 2 aromatic carbocycles. The zero-order chi connectivity index (χ0) is 18.0. The number of anilines is 1. The number of rotatable bonds is 6. The van der Waals surface area contributed by atoms with Crippen LogP contribution in [0.3, 0.4) is 0 Å². The zero-order valence-corrected chi connectivity index (χ0v) is 14.3. The third kappa shape index (κ3) is 3.99. The summed E-state index contributed by atoms with van der Waals surface area (Å²) < 4.78 is 0. The highest BCUT2D eigenvalue weighted by Crippen LogP contribution is 2.39. The van der Waals surface area contributed by atoms with Gasteiger partial charge in [-0.25, -0.2) is 0 Å². The lowest BCUT2D eigenvalue weighted by Gasteiger charge is -2.20. The Hall–Kier alpha value is -2.82. The Kier molecular flexibility index (Phi) is 4.74. The molecule has 5 nitrogen and oxygen atoms in total. The van der Waals surface area contributed by atoms with Crippen LogP contribution in [-0.4, -0.2) is 16.7 Å². The van der Waals surface area contributed by atoms with Crippen LogP contribution in [0.1, 0.15) is 53.7 Å². The van der Waals surface area contributed by atoms with Crippen molar-refractivity contribution in [2.45, 2.75) is 32.2 Å². The van der Waals surface area contributed by atoms with Crippen LogP contribution in [0.4, 0.5) is 5.69 Å². The lowest BCUT2D eigenvalue weighted by atomic mass is 9.99. The van der Waals surface area contributed by atoms with E-state index in [0.29, 0.717) is 28.4 Å². The number of carbonyl (C=O) groups excluding carboxylic acids is 1. The Morgan fingerprint density at radius 2 is 2.04 bits per heavy atom. The fourth-order valence-electron chi connectivity index (χ4n) is 3.00. The number of nitrogens with two attached hydrogens (primary N) is 1. The van der Waals surface area contributed by atoms with Gasteiger partial charge in [0.2, 0.25) is 0 Å². The number of phenolic OH excluding ortho intramolecular Hbond substituents is 1. The first-order chi connectivity index (χ1) is 12.0. The molecule has 0 spiro atoms. The molecule has 0 aromatic heterocycles. The quantitative estimate of drug-likeness (QED) is 0.478. The first-order valence-corrected chi connectivity index (χ1v) is 8.49. The molecule has 1 fully saturated rings. The fraction of sp³-hybridized carbons (Fsp3) is 0.300. The first-order valence-electron chi connectivity index (χ1n) is 8.49. The van der Waals surface area contributed by atoms with Crippen LogP contribution < -0.4 is 11.1 Å². The maximum absolute atomic E-state index is 12.7. The Labute approximate surface area is 147 Å². The van der Waals surface area contributed by atoms with Crippen LogP contribution in [-0.2, 0) is 0 Å². The van der Waals surface area contributed by atoms with Crippen LogP contribution in [0.2, 0.25) is 0 Å². The van der Waals surface area contributed by atoms with Gasteiger partial charge in [-0.2, -0.15) is 0 Å². The Bertz CT molecular complexity index is 812. The summed E-state index contributed by atoms with van der Waals surface area (Å²) in [6.45, 7) is 1.64. The summed E-state index contributed by atoms with van der Waals surface area (Å²) in [5, 5.41) is 21.0. The van der Waals surface area contributed by atoms with E-state index in [9.17, 15) is 9.90 Å². The van der Waals surface area contributed by atoms with Crippen molar-refractivity contribution < 1.29 is 9.90 Å². The van der Waals surface area contributed by atoms with Crippen molar-refractivity contribution in [3.05, 3.63) is 59.2 Å². The molecule has 5 N–H and O–H groups in total. The average Bonchev–Trinajstić information content (AvgIpc) is 3.39. The number of aromatic hydroxyl groups is 1. The third-order valence-corrected chi connectivity index (χ3v) is 4.60. The van der Waals surface area contributed by atoms with E-state index in [1.165, 1.54) is 12.8 Å². The SMILES string of the molecule is CC(=N)c1cc(C(=O)NC(CC2CC2)c2ccccc2O)ccc1N. The van der Waals surface area contributed by atoms with Crippen molar-refractivity contribution in [2.24, 2.45) is 5.92 Å². The van der Waals surface area contributed by atoms with Crippen LogP contribution in [0.5, 0.6) is 5.75 Å². The van der Waals surface area contributed by atoms with Gasteiger partial charge in [0.05, 0.1) is 6.04 Å². The highest BCUT2D eigenvalue weighted by Gasteiger charge is 2.28. The van der Waals surface area contributed by atoms with Gasteiger partial charge in [-0.05, 0) is 43.5 Å². The number of amides is 1. The van der Waals surface area contributed by atoms with Crippen molar-refractivity contribution >= 4 is 17.3 Å². The van der Waals surface area contributed by atoms with E-state index in [1.54, 1.807) is 37.3 Å². The monoisotopic (exact) mass is 337 g/mol. The Morgan fingerprint density at radius 1 is 1.32 bits per heavy atom. The van der Waals surface area contributed by atoms with Crippen molar-refractivity contribution in [3.8, 4) is 5.75 Å². The van der Waals surface area contributed by atoms with Crippen molar-refractivity contribution in [2.75, 3.05) is 5.73 Å². The third-order valence-electron chi connectivity index (χ3n) is 4.60. The lowest BCUT2D eigenvalue weighted by Crippen LogP contribution is -2.29. The smallest absolute Gasteiger partial charge is 0.251 e. The number of para-hydroxylation sites is 1. The number of hydrogen-bond acceptors (Lipinski definition) is 4. The topological polar surface area (TPSA) is 99.2 Å². The maximum atomic E-state index is 12.7. The van der Waals surface area contributed by atoms with Crippen molar-refractivity contribution in [3.63, 3.8) is 0 Å². The van der Waals surface area contributed by atoms with Crippen molar-refractivity contribution in [1.82, 2.24) is 5.32 Å². The molecule has 0 saturated heterocycles. The normalized spacial score (nSPS) is 14.8. The largest absolute Gasteiger partial charge is 0.508 e. The second-order valence-electron chi connectivity index (χ2n) is 6.69. The molecule has 1 atom stereocenters. The van der Waals surface area contributed by atoms with E-state index in [2.05, 4.69) is 5.32 Å². The maximum Gasteiger partial charge on any atom is 0.251 e. The standard InChI is InChI=1S/C20H23N3O2/c1-12(21)16-11-14(8-9-17(16)22)20(25)23-18(10-13-6-7-13)15-4-2-3-5-19(15)24/h2-5,8-9,11,13,18,21,24H,6-7,10,22H2,1H3,(H,23,25). The van der Waals surface area contributed by atoms with Gasteiger partial charge >= 0.3 is 0 Å². The molecule has 1 amide bonds. The summed E-state index contributed by atoms with van der Waals surface area (Å²) in [6, 6.07) is 11.8. The van der Waals surface area contributed by atoms with Gasteiger partial charge < -0.3 is 21.6 Å². The van der Waals surface area contributed by atoms with E-state index in [-0.39, 0.29) is 17.7 Å². The van der Waals surface area contributed by atoms with E-state index >= 15 is 0 Å². The predicted octanol–water partition coefficient (Wildman–Crippen LogP) is 3.63. The van der Waals surface area contributed by atoms with Crippen molar-refractivity contribution in [1.29, 1.82) is 5.41 Å². The highest BCUT2D eigenvalue weighted by atomic mass is 16.3. The van der Waals surface area contributed by atoms with E-state index in [1.807, 2.05) is 12.1 Å². The summed E-state index contributed by atoms with van der Waals surface area (Å²) in [5.41, 5.74) is 8.44. The molecule has 2 aromatic rings. The fourth-order valence-corrected chi connectivity index (χ4v) is 3.00. The Balaban J connectivity index is 1.84. The summed E-state index contributed by atoms with van der Waals surface area (Å²) in [6.07, 6.45) is 3.15. The molecule has 5 heteroatoms. The number of carbonyl (C=O) groups is 1. The van der Waals surface area contributed by atoms with Gasteiger partial charge in [-0.1, -0.05) is 31.0 Å². The van der Waals surface area contributed by atoms with E-state index in [0.717, 1.165) is 12.0 Å². The van der Waals surface area contributed by atoms with Crippen LogP contribution in [0.25, 0.3) is 0 Å². The molecule has 0 radical (unpaired) electrons.